The molecule has 92 valence electrons. The molecule has 0 N–H and O–H groups in total. The van der Waals surface area contributed by atoms with E-state index in [1.807, 2.05) is 6.92 Å². The topological polar surface area (TPSA) is 60.4 Å². The van der Waals surface area contributed by atoms with Gasteiger partial charge in [0, 0.05) is 5.92 Å². The lowest BCUT2D eigenvalue weighted by Gasteiger charge is -2.30. The molecule has 0 radical (unpaired) electrons. The fourth-order valence-corrected chi connectivity index (χ4v) is 2.83. The van der Waals surface area contributed by atoms with Gasteiger partial charge in [-0.3, -0.25) is 4.18 Å². The van der Waals surface area contributed by atoms with Crippen LogP contribution in [0, 0.1) is 12.8 Å². The first-order valence-corrected chi connectivity index (χ1v) is 6.87. The molecule has 2 rings (SSSR count). The average Bonchev–Trinajstić information content (AvgIpc) is 2.23. The molecule has 0 heterocycles. The van der Waals surface area contributed by atoms with Crippen LogP contribution in [-0.2, 0) is 19.1 Å². The third-order valence-electron chi connectivity index (χ3n) is 2.90. The van der Waals surface area contributed by atoms with E-state index in [4.69, 9.17) is 4.18 Å². The van der Waals surface area contributed by atoms with Gasteiger partial charge in [0.05, 0.1) is 11.0 Å². The van der Waals surface area contributed by atoms with Crippen molar-refractivity contribution in [2.75, 3.05) is 0 Å². The van der Waals surface area contributed by atoms with Gasteiger partial charge >= 0.3 is 0 Å². The first-order valence-electron chi connectivity index (χ1n) is 5.46. The summed E-state index contributed by atoms with van der Waals surface area (Å²) in [4.78, 5) is 10.6. The number of benzene rings is 1. The highest BCUT2D eigenvalue weighted by Gasteiger charge is 2.33. The van der Waals surface area contributed by atoms with Crippen molar-refractivity contribution in [3.8, 4) is 0 Å². The monoisotopic (exact) mass is 254 g/mol. The Bertz CT molecular complexity index is 498. The Balaban J connectivity index is 2.05. The van der Waals surface area contributed by atoms with Crippen molar-refractivity contribution in [3.63, 3.8) is 0 Å². The van der Waals surface area contributed by atoms with E-state index in [0.717, 1.165) is 11.8 Å². The molecule has 0 saturated heterocycles. The molecule has 1 aliphatic rings. The normalized spacial score (nSPS) is 24.1. The molecule has 17 heavy (non-hydrogen) atoms. The molecule has 1 aromatic carbocycles. The maximum absolute atomic E-state index is 11.8. The third-order valence-corrected chi connectivity index (χ3v) is 4.27. The smallest absolute Gasteiger partial charge is 0.297 e. The lowest BCUT2D eigenvalue weighted by molar-refractivity contribution is -0.115. The van der Waals surface area contributed by atoms with E-state index in [0.29, 0.717) is 12.8 Å². The maximum Gasteiger partial charge on any atom is 0.297 e. The van der Waals surface area contributed by atoms with Crippen LogP contribution in [0.15, 0.2) is 29.2 Å². The molecule has 5 heteroatoms. The molecule has 0 aliphatic heterocycles. The number of hydrogen-bond acceptors (Lipinski definition) is 4. The summed E-state index contributed by atoms with van der Waals surface area (Å²) in [5, 5.41) is 0. The third kappa shape index (κ3) is 2.73. The first kappa shape index (κ1) is 12.3. The molecule has 0 bridgehead atoms. The number of carbonyl (C=O) groups is 1. The van der Waals surface area contributed by atoms with E-state index in [2.05, 4.69) is 0 Å². The van der Waals surface area contributed by atoms with Gasteiger partial charge in [-0.05, 0) is 31.9 Å². The summed E-state index contributed by atoms with van der Waals surface area (Å²) in [7, 11) is -3.68. The SMILES string of the molecule is Cc1ccc(S(=O)(=O)OC2CC(C=O)C2)cc1. The van der Waals surface area contributed by atoms with Crippen molar-refractivity contribution in [2.24, 2.45) is 5.92 Å². The van der Waals surface area contributed by atoms with Crippen LogP contribution in [-0.4, -0.2) is 20.8 Å². The second-order valence-electron chi connectivity index (χ2n) is 4.35. The van der Waals surface area contributed by atoms with E-state index < -0.39 is 10.1 Å². The van der Waals surface area contributed by atoms with Gasteiger partial charge in [0.15, 0.2) is 0 Å². The van der Waals surface area contributed by atoms with Crippen molar-refractivity contribution in [1.82, 2.24) is 0 Å². The average molecular weight is 254 g/mol. The quantitative estimate of drug-likeness (QED) is 0.606. The van der Waals surface area contributed by atoms with E-state index >= 15 is 0 Å². The summed E-state index contributed by atoms with van der Waals surface area (Å²) in [6.45, 7) is 1.89. The summed E-state index contributed by atoms with van der Waals surface area (Å²) in [6, 6.07) is 6.51. The molecule has 0 aromatic heterocycles. The number of hydrogen-bond donors (Lipinski definition) is 0. The zero-order chi connectivity index (χ0) is 12.5. The lowest BCUT2D eigenvalue weighted by Crippen LogP contribution is -2.34. The molecule has 4 nitrogen and oxygen atoms in total. The number of carbonyl (C=O) groups excluding carboxylic acids is 1. The Labute approximate surface area is 101 Å². The van der Waals surface area contributed by atoms with Gasteiger partial charge in [0.1, 0.15) is 6.29 Å². The second kappa shape index (κ2) is 4.58. The molecule has 0 atom stereocenters. The summed E-state index contributed by atoms with van der Waals surface area (Å²) in [6.07, 6.45) is 1.48. The van der Waals surface area contributed by atoms with Crippen LogP contribution in [0.4, 0.5) is 0 Å². The molecule has 1 aromatic rings. The molecule has 1 saturated carbocycles. The van der Waals surface area contributed by atoms with Crippen LogP contribution in [0.1, 0.15) is 18.4 Å². The minimum atomic E-state index is -3.68. The number of aldehydes is 1. The molecular weight excluding hydrogens is 240 g/mol. The number of aryl methyl sites for hydroxylation is 1. The second-order valence-corrected chi connectivity index (χ2v) is 5.93. The molecule has 0 amide bonds. The molecule has 1 aliphatic carbocycles. The Hall–Kier alpha value is -1.20. The zero-order valence-electron chi connectivity index (χ0n) is 9.50. The largest absolute Gasteiger partial charge is 0.303 e. The van der Waals surface area contributed by atoms with Gasteiger partial charge in [-0.25, -0.2) is 0 Å². The van der Waals surface area contributed by atoms with Crippen LogP contribution in [0.3, 0.4) is 0 Å². The Morgan fingerprint density at radius 3 is 2.35 bits per heavy atom. The van der Waals surface area contributed by atoms with E-state index in [9.17, 15) is 13.2 Å². The van der Waals surface area contributed by atoms with Gasteiger partial charge in [0.2, 0.25) is 0 Å². The van der Waals surface area contributed by atoms with Crippen LogP contribution < -0.4 is 0 Å². The minimum absolute atomic E-state index is 0.0479. The van der Waals surface area contributed by atoms with Crippen molar-refractivity contribution in [1.29, 1.82) is 0 Å². The van der Waals surface area contributed by atoms with E-state index in [1.54, 1.807) is 12.1 Å². The van der Waals surface area contributed by atoms with Gasteiger partial charge < -0.3 is 4.79 Å². The highest BCUT2D eigenvalue weighted by molar-refractivity contribution is 7.86. The van der Waals surface area contributed by atoms with Gasteiger partial charge in [0.25, 0.3) is 10.1 Å². The summed E-state index contributed by atoms with van der Waals surface area (Å²) < 4.78 is 28.7. The van der Waals surface area contributed by atoms with Gasteiger partial charge in [-0.1, -0.05) is 17.7 Å². The molecule has 0 unspecified atom stereocenters. The van der Waals surface area contributed by atoms with Crippen LogP contribution in [0.25, 0.3) is 0 Å². The zero-order valence-corrected chi connectivity index (χ0v) is 10.3. The predicted octanol–water partition coefficient (Wildman–Crippen LogP) is 1.68. The standard InChI is InChI=1S/C12H14O4S/c1-9-2-4-12(5-3-9)17(14,15)16-11-6-10(7-11)8-13/h2-5,8,10-11H,6-7H2,1H3. The van der Waals surface area contributed by atoms with Crippen LogP contribution >= 0.6 is 0 Å². The Kier molecular flexibility index (Phi) is 3.31. The molecule has 1 fully saturated rings. The fourth-order valence-electron chi connectivity index (χ4n) is 1.74. The maximum atomic E-state index is 11.8. The van der Waals surface area contributed by atoms with Crippen molar-refractivity contribution >= 4 is 16.4 Å². The molecular formula is C12H14O4S. The van der Waals surface area contributed by atoms with Crippen molar-refractivity contribution in [2.45, 2.75) is 30.8 Å². The van der Waals surface area contributed by atoms with E-state index in [-0.39, 0.29) is 16.9 Å². The predicted molar refractivity (Wildman–Crippen MR) is 62.0 cm³/mol. The van der Waals surface area contributed by atoms with Gasteiger partial charge in [-0.2, -0.15) is 8.42 Å². The first-order chi connectivity index (χ1) is 8.01. The highest BCUT2D eigenvalue weighted by Crippen LogP contribution is 2.31. The summed E-state index contributed by atoms with van der Waals surface area (Å²) in [5.74, 6) is -0.0479. The van der Waals surface area contributed by atoms with Crippen molar-refractivity contribution < 1.29 is 17.4 Å². The van der Waals surface area contributed by atoms with Gasteiger partial charge in [-0.15, -0.1) is 0 Å². The minimum Gasteiger partial charge on any atom is -0.303 e. The Morgan fingerprint density at radius 2 is 1.82 bits per heavy atom. The van der Waals surface area contributed by atoms with Crippen LogP contribution in [0.5, 0.6) is 0 Å². The molecule has 0 spiro atoms. The highest BCUT2D eigenvalue weighted by atomic mass is 32.2. The summed E-state index contributed by atoms with van der Waals surface area (Å²) >= 11 is 0. The Morgan fingerprint density at radius 1 is 1.24 bits per heavy atom. The van der Waals surface area contributed by atoms with E-state index in [1.165, 1.54) is 12.1 Å². The fraction of sp³-hybridized carbons (Fsp3) is 0.417. The lowest BCUT2D eigenvalue weighted by atomic mass is 9.84. The van der Waals surface area contributed by atoms with Crippen molar-refractivity contribution in [3.05, 3.63) is 29.8 Å². The summed E-state index contributed by atoms with van der Waals surface area (Å²) in [5.41, 5.74) is 0.994. The van der Waals surface area contributed by atoms with Crippen LogP contribution in [0.2, 0.25) is 0 Å². The number of rotatable bonds is 4.